The first-order valence-electron chi connectivity index (χ1n) is 8.05. The lowest BCUT2D eigenvalue weighted by Crippen LogP contribution is -1.96. The predicted octanol–water partition coefficient (Wildman–Crippen LogP) is 5.78. The van der Waals surface area contributed by atoms with E-state index in [2.05, 4.69) is 22.9 Å². The fourth-order valence-corrected chi connectivity index (χ4v) is 2.29. The molecule has 126 valence electrons. The Morgan fingerprint density at radius 1 is 0.917 bits per heavy atom. The maximum absolute atomic E-state index is 11.2. The fraction of sp³-hybridized carbons (Fsp3) is 0.316. The number of unbranched alkanes of at least 4 members (excludes halogenated alkanes) is 2. The minimum Gasteiger partial charge on any atom is -0.494 e. The standard InChI is InChI=1S/C19H22N2O2S/c1-15(22)16-5-7-17(8-6-16)20-21-18-9-11-19(12-10-18)23-13-3-2-4-14-24/h5-12,24H,2-4,13-14H2,1H3. The predicted molar refractivity (Wildman–Crippen MR) is 100 cm³/mol. The van der Waals surface area contributed by atoms with Crippen LogP contribution in [0, 0.1) is 0 Å². The van der Waals surface area contributed by atoms with Gasteiger partial charge in [0.15, 0.2) is 5.78 Å². The Labute approximate surface area is 148 Å². The van der Waals surface area contributed by atoms with E-state index in [0.717, 1.165) is 43.1 Å². The number of hydrogen-bond acceptors (Lipinski definition) is 5. The van der Waals surface area contributed by atoms with E-state index in [1.807, 2.05) is 24.3 Å². The number of Topliss-reactive ketones (excluding diaryl/α,β-unsaturated/α-hetero) is 1. The van der Waals surface area contributed by atoms with Crippen LogP contribution in [0.15, 0.2) is 58.8 Å². The first-order valence-corrected chi connectivity index (χ1v) is 8.69. The van der Waals surface area contributed by atoms with E-state index in [9.17, 15) is 4.79 Å². The van der Waals surface area contributed by atoms with Gasteiger partial charge >= 0.3 is 0 Å². The van der Waals surface area contributed by atoms with Gasteiger partial charge in [0.1, 0.15) is 5.75 Å². The van der Waals surface area contributed by atoms with E-state index >= 15 is 0 Å². The van der Waals surface area contributed by atoms with Crippen molar-refractivity contribution in [3.05, 3.63) is 54.1 Å². The van der Waals surface area contributed by atoms with Crippen LogP contribution in [-0.4, -0.2) is 18.1 Å². The van der Waals surface area contributed by atoms with Crippen molar-refractivity contribution < 1.29 is 9.53 Å². The number of benzene rings is 2. The van der Waals surface area contributed by atoms with Crippen LogP contribution in [0.1, 0.15) is 36.5 Å². The van der Waals surface area contributed by atoms with Crippen molar-refractivity contribution in [1.82, 2.24) is 0 Å². The van der Waals surface area contributed by atoms with Crippen LogP contribution in [-0.2, 0) is 0 Å². The molecule has 0 radical (unpaired) electrons. The highest BCUT2D eigenvalue weighted by Gasteiger charge is 1.99. The van der Waals surface area contributed by atoms with E-state index in [-0.39, 0.29) is 5.78 Å². The Hall–Kier alpha value is -2.14. The summed E-state index contributed by atoms with van der Waals surface area (Å²) in [5.74, 6) is 1.81. The maximum Gasteiger partial charge on any atom is 0.159 e. The van der Waals surface area contributed by atoms with Crippen molar-refractivity contribution in [1.29, 1.82) is 0 Å². The Kier molecular flexibility index (Phi) is 7.49. The molecule has 2 aromatic rings. The fourth-order valence-electron chi connectivity index (χ4n) is 2.07. The largest absolute Gasteiger partial charge is 0.494 e. The van der Waals surface area contributed by atoms with Crippen molar-refractivity contribution >= 4 is 29.8 Å². The Morgan fingerprint density at radius 3 is 2.04 bits per heavy atom. The van der Waals surface area contributed by atoms with E-state index in [1.165, 1.54) is 0 Å². The van der Waals surface area contributed by atoms with E-state index in [1.54, 1.807) is 31.2 Å². The molecule has 0 fully saturated rings. The van der Waals surface area contributed by atoms with Crippen LogP contribution >= 0.6 is 12.6 Å². The van der Waals surface area contributed by atoms with Crippen LogP contribution in [0.4, 0.5) is 11.4 Å². The molecule has 0 amide bonds. The van der Waals surface area contributed by atoms with Gasteiger partial charge in [0.05, 0.1) is 18.0 Å². The zero-order valence-electron chi connectivity index (χ0n) is 13.8. The molecule has 0 bridgehead atoms. The number of rotatable bonds is 9. The number of nitrogens with zero attached hydrogens (tertiary/aromatic N) is 2. The third kappa shape index (κ3) is 6.16. The third-order valence-electron chi connectivity index (χ3n) is 3.46. The van der Waals surface area contributed by atoms with Crippen LogP contribution in [0.2, 0.25) is 0 Å². The molecule has 0 saturated carbocycles. The normalized spacial score (nSPS) is 10.9. The monoisotopic (exact) mass is 342 g/mol. The van der Waals surface area contributed by atoms with Crippen LogP contribution < -0.4 is 4.74 Å². The molecule has 4 nitrogen and oxygen atoms in total. The number of ketones is 1. The molecule has 0 aromatic heterocycles. The maximum atomic E-state index is 11.2. The molecule has 5 heteroatoms. The van der Waals surface area contributed by atoms with Crippen molar-refractivity contribution in [2.45, 2.75) is 26.2 Å². The average molecular weight is 342 g/mol. The van der Waals surface area contributed by atoms with E-state index in [0.29, 0.717) is 11.3 Å². The number of azo groups is 1. The lowest BCUT2D eigenvalue weighted by atomic mass is 10.1. The van der Waals surface area contributed by atoms with Gasteiger partial charge in [-0.3, -0.25) is 4.79 Å². The number of carbonyl (C=O) groups is 1. The van der Waals surface area contributed by atoms with Gasteiger partial charge < -0.3 is 4.74 Å². The summed E-state index contributed by atoms with van der Waals surface area (Å²) in [6, 6.07) is 14.6. The molecule has 2 rings (SSSR count). The molecular formula is C19H22N2O2S. The Bertz CT molecular complexity index is 667. The molecule has 0 N–H and O–H groups in total. The van der Waals surface area contributed by atoms with Crippen LogP contribution in [0.25, 0.3) is 0 Å². The summed E-state index contributed by atoms with van der Waals surface area (Å²) >= 11 is 4.19. The highest BCUT2D eigenvalue weighted by atomic mass is 32.1. The molecule has 0 aliphatic carbocycles. The average Bonchev–Trinajstić information content (AvgIpc) is 2.61. The van der Waals surface area contributed by atoms with E-state index in [4.69, 9.17) is 4.74 Å². The van der Waals surface area contributed by atoms with Gasteiger partial charge in [0, 0.05) is 5.56 Å². The van der Waals surface area contributed by atoms with Crippen LogP contribution in [0.5, 0.6) is 5.75 Å². The molecule has 0 atom stereocenters. The van der Waals surface area contributed by atoms with Crippen LogP contribution in [0.3, 0.4) is 0 Å². The molecular weight excluding hydrogens is 320 g/mol. The number of ether oxygens (including phenoxy) is 1. The number of carbonyl (C=O) groups excluding carboxylic acids is 1. The summed E-state index contributed by atoms with van der Waals surface area (Å²) < 4.78 is 5.68. The first kappa shape index (κ1) is 18.2. The molecule has 0 unspecified atom stereocenters. The first-order chi connectivity index (χ1) is 11.7. The topological polar surface area (TPSA) is 51.0 Å². The molecule has 0 aliphatic rings. The zero-order chi connectivity index (χ0) is 17.2. The third-order valence-corrected chi connectivity index (χ3v) is 3.78. The minimum atomic E-state index is 0.0414. The van der Waals surface area contributed by atoms with Gasteiger partial charge in [-0.25, -0.2) is 0 Å². The Morgan fingerprint density at radius 2 is 1.50 bits per heavy atom. The van der Waals surface area contributed by atoms with Crippen molar-refractivity contribution in [2.24, 2.45) is 10.2 Å². The van der Waals surface area contributed by atoms with Crippen molar-refractivity contribution in [3.8, 4) is 5.75 Å². The molecule has 0 spiro atoms. The van der Waals surface area contributed by atoms with Gasteiger partial charge in [-0.2, -0.15) is 22.9 Å². The second kappa shape index (κ2) is 9.88. The van der Waals surface area contributed by atoms with Gasteiger partial charge in [0.25, 0.3) is 0 Å². The molecule has 0 heterocycles. The summed E-state index contributed by atoms with van der Waals surface area (Å²) in [7, 11) is 0. The summed E-state index contributed by atoms with van der Waals surface area (Å²) in [6.07, 6.45) is 3.30. The second-order valence-corrected chi connectivity index (χ2v) is 5.88. The van der Waals surface area contributed by atoms with Crippen molar-refractivity contribution in [2.75, 3.05) is 12.4 Å². The Balaban J connectivity index is 1.85. The smallest absolute Gasteiger partial charge is 0.159 e. The summed E-state index contributed by atoms with van der Waals surface area (Å²) in [5.41, 5.74) is 2.14. The molecule has 2 aromatic carbocycles. The minimum absolute atomic E-state index is 0.0414. The molecule has 0 aliphatic heterocycles. The summed E-state index contributed by atoms with van der Waals surface area (Å²) in [5, 5.41) is 8.36. The highest BCUT2D eigenvalue weighted by Crippen LogP contribution is 2.21. The van der Waals surface area contributed by atoms with E-state index < -0.39 is 0 Å². The summed E-state index contributed by atoms with van der Waals surface area (Å²) in [6.45, 7) is 2.26. The van der Waals surface area contributed by atoms with Crippen molar-refractivity contribution in [3.63, 3.8) is 0 Å². The SMILES string of the molecule is CC(=O)c1ccc(N=Nc2ccc(OCCCCCS)cc2)cc1. The molecule has 0 saturated heterocycles. The zero-order valence-corrected chi connectivity index (χ0v) is 14.7. The second-order valence-electron chi connectivity index (χ2n) is 5.43. The lowest BCUT2D eigenvalue weighted by molar-refractivity contribution is 0.101. The van der Waals surface area contributed by atoms with Gasteiger partial charge in [-0.1, -0.05) is 0 Å². The lowest BCUT2D eigenvalue weighted by Gasteiger charge is -2.05. The number of hydrogen-bond donors (Lipinski definition) is 1. The summed E-state index contributed by atoms with van der Waals surface area (Å²) in [4.78, 5) is 11.2. The van der Waals surface area contributed by atoms with Gasteiger partial charge in [0.2, 0.25) is 0 Å². The quantitative estimate of drug-likeness (QED) is 0.272. The molecule has 24 heavy (non-hydrogen) atoms. The number of thiol groups is 1. The van der Waals surface area contributed by atoms with Gasteiger partial charge in [-0.05, 0) is 80.5 Å². The highest BCUT2D eigenvalue weighted by molar-refractivity contribution is 7.80. The van der Waals surface area contributed by atoms with Gasteiger partial charge in [-0.15, -0.1) is 0 Å².